The summed E-state index contributed by atoms with van der Waals surface area (Å²) in [6.07, 6.45) is 6.80. The molecule has 0 bridgehead atoms. The number of morpholine rings is 1. The van der Waals surface area contributed by atoms with Crippen LogP contribution in [-0.2, 0) is 10.3 Å². The molecule has 0 amide bonds. The molecule has 158 valence electrons. The van der Waals surface area contributed by atoms with Gasteiger partial charge in [0.15, 0.2) is 0 Å². The summed E-state index contributed by atoms with van der Waals surface area (Å²) in [5.74, 6) is 0.0374. The van der Waals surface area contributed by atoms with E-state index in [9.17, 15) is 5.11 Å². The predicted molar refractivity (Wildman–Crippen MR) is 120 cm³/mol. The van der Waals surface area contributed by atoms with Crippen molar-refractivity contribution in [3.8, 4) is 0 Å². The lowest BCUT2D eigenvalue weighted by molar-refractivity contribution is -0.0296. The molecule has 0 saturated carbocycles. The van der Waals surface area contributed by atoms with Crippen LogP contribution in [0.5, 0.6) is 0 Å². The average Bonchev–Trinajstić information content (AvgIpc) is 2.79. The molecule has 3 rings (SSSR count). The first-order chi connectivity index (χ1) is 14.2. The normalized spacial score (nSPS) is 18.3. The smallest absolute Gasteiger partial charge is 0.0977 e. The fraction of sp³-hybridized carbons (Fsp3) is 0.538. The number of rotatable bonds is 11. The largest absolute Gasteiger partial charge is 0.384 e. The molecule has 2 aromatic carbocycles. The van der Waals surface area contributed by atoms with Gasteiger partial charge in [-0.2, -0.15) is 0 Å². The van der Waals surface area contributed by atoms with Crippen molar-refractivity contribution in [1.29, 1.82) is 0 Å². The Morgan fingerprint density at radius 3 is 2.17 bits per heavy atom. The predicted octanol–water partition coefficient (Wildman–Crippen LogP) is 5.35. The molecule has 2 atom stereocenters. The van der Waals surface area contributed by atoms with Crippen molar-refractivity contribution in [3.05, 3.63) is 71.8 Å². The maximum Gasteiger partial charge on any atom is 0.0977 e. The fourth-order valence-corrected chi connectivity index (χ4v) is 4.50. The highest BCUT2D eigenvalue weighted by atomic mass is 16.5. The van der Waals surface area contributed by atoms with Gasteiger partial charge in [-0.1, -0.05) is 99.7 Å². The lowest BCUT2D eigenvalue weighted by Crippen LogP contribution is -2.45. The number of ether oxygens (including phenoxy) is 1. The molecule has 0 aliphatic carbocycles. The van der Waals surface area contributed by atoms with E-state index in [1.165, 1.54) is 31.2 Å². The van der Waals surface area contributed by atoms with Crippen molar-refractivity contribution in [2.45, 2.75) is 57.0 Å². The van der Waals surface area contributed by atoms with E-state index in [1.54, 1.807) is 0 Å². The van der Waals surface area contributed by atoms with Gasteiger partial charge in [-0.15, -0.1) is 0 Å². The number of hydrogen-bond donors (Lipinski definition) is 1. The van der Waals surface area contributed by atoms with Crippen LogP contribution in [0.15, 0.2) is 60.7 Å². The SMILES string of the molecule is CCCCCCCC(O)(c1ccccc1)C(CN1CCOCC1)c1ccccc1. The van der Waals surface area contributed by atoms with Gasteiger partial charge in [-0.05, 0) is 17.5 Å². The van der Waals surface area contributed by atoms with Gasteiger partial charge in [-0.25, -0.2) is 0 Å². The van der Waals surface area contributed by atoms with Crippen LogP contribution in [0.4, 0.5) is 0 Å². The van der Waals surface area contributed by atoms with Crippen molar-refractivity contribution in [1.82, 2.24) is 4.90 Å². The highest BCUT2D eigenvalue weighted by Crippen LogP contribution is 2.42. The molecule has 3 nitrogen and oxygen atoms in total. The molecule has 0 aromatic heterocycles. The Morgan fingerprint density at radius 1 is 0.897 bits per heavy atom. The summed E-state index contributed by atoms with van der Waals surface area (Å²) in [4.78, 5) is 2.45. The van der Waals surface area contributed by atoms with Gasteiger partial charge < -0.3 is 9.84 Å². The van der Waals surface area contributed by atoms with Gasteiger partial charge in [0.1, 0.15) is 0 Å². The first-order valence-electron chi connectivity index (χ1n) is 11.4. The van der Waals surface area contributed by atoms with Crippen LogP contribution in [0.25, 0.3) is 0 Å². The molecule has 1 aliphatic rings. The molecule has 0 spiro atoms. The molecule has 1 fully saturated rings. The monoisotopic (exact) mass is 395 g/mol. The zero-order valence-electron chi connectivity index (χ0n) is 17.9. The summed E-state index contributed by atoms with van der Waals surface area (Å²) in [5, 5.41) is 12.2. The van der Waals surface area contributed by atoms with Crippen molar-refractivity contribution in [2.75, 3.05) is 32.8 Å². The summed E-state index contributed by atoms with van der Waals surface area (Å²) < 4.78 is 5.56. The molecular weight excluding hydrogens is 358 g/mol. The van der Waals surface area contributed by atoms with Crippen molar-refractivity contribution >= 4 is 0 Å². The second-order valence-corrected chi connectivity index (χ2v) is 8.33. The van der Waals surface area contributed by atoms with E-state index in [1.807, 2.05) is 18.2 Å². The van der Waals surface area contributed by atoms with Crippen LogP contribution in [0.2, 0.25) is 0 Å². The Labute approximate surface area is 176 Å². The van der Waals surface area contributed by atoms with E-state index in [0.717, 1.165) is 51.3 Å². The van der Waals surface area contributed by atoms with E-state index in [0.29, 0.717) is 0 Å². The molecule has 1 saturated heterocycles. The summed E-state index contributed by atoms with van der Waals surface area (Å²) in [7, 11) is 0. The molecule has 2 aromatic rings. The summed E-state index contributed by atoms with van der Waals surface area (Å²) in [6, 6.07) is 20.9. The van der Waals surface area contributed by atoms with Crippen LogP contribution in [0.3, 0.4) is 0 Å². The van der Waals surface area contributed by atoms with Crippen molar-refractivity contribution in [3.63, 3.8) is 0 Å². The molecule has 0 radical (unpaired) electrons. The summed E-state index contributed by atoms with van der Waals surface area (Å²) in [5.41, 5.74) is 1.39. The first-order valence-corrected chi connectivity index (χ1v) is 11.4. The third kappa shape index (κ3) is 6.15. The van der Waals surface area contributed by atoms with Gasteiger partial charge in [0.05, 0.1) is 18.8 Å². The van der Waals surface area contributed by atoms with Crippen LogP contribution < -0.4 is 0 Å². The standard InChI is InChI=1S/C26H37NO2/c1-2-3-4-5-12-17-26(28,24-15-10-7-11-16-24)25(23-13-8-6-9-14-23)22-27-18-20-29-21-19-27/h6-11,13-16,25,28H,2-5,12,17-22H2,1H3. The molecule has 1 heterocycles. The second-order valence-electron chi connectivity index (χ2n) is 8.33. The minimum atomic E-state index is -0.868. The minimum Gasteiger partial charge on any atom is -0.384 e. The Bertz CT molecular complexity index is 684. The number of hydrogen-bond acceptors (Lipinski definition) is 3. The topological polar surface area (TPSA) is 32.7 Å². The van der Waals surface area contributed by atoms with E-state index >= 15 is 0 Å². The van der Waals surface area contributed by atoms with Gasteiger partial charge in [0.2, 0.25) is 0 Å². The van der Waals surface area contributed by atoms with E-state index in [4.69, 9.17) is 4.74 Å². The highest BCUT2D eigenvalue weighted by molar-refractivity contribution is 5.31. The van der Waals surface area contributed by atoms with Gasteiger partial charge in [0.25, 0.3) is 0 Å². The van der Waals surface area contributed by atoms with Crippen LogP contribution in [-0.4, -0.2) is 42.9 Å². The van der Waals surface area contributed by atoms with E-state index in [2.05, 4.69) is 54.3 Å². The number of benzene rings is 2. The van der Waals surface area contributed by atoms with Crippen molar-refractivity contribution in [2.24, 2.45) is 0 Å². The molecular formula is C26H37NO2. The maximum atomic E-state index is 12.2. The highest BCUT2D eigenvalue weighted by Gasteiger charge is 2.39. The van der Waals surface area contributed by atoms with Crippen LogP contribution in [0, 0.1) is 0 Å². The average molecular weight is 396 g/mol. The molecule has 1 N–H and O–H groups in total. The molecule has 2 unspecified atom stereocenters. The van der Waals surface area contributed by atoms with Crippen molar-refractivity contribution < 1.29 is 9.84 Å². The van der Waals surface area contributed by atoms with Crippen LogP contribution >= 0.6 is 0 Å². The second kappa shape index (κ2) is 11.5. The van der Waals surface area contributed by atoms with Gasteiger partial charge in [-0.3, -0.25) is 4.90 Å². The Balaban J connectivity index is 1.88. The van der Waals surface area contributed by atoms with E-state index < -0.39 is 5.60 Å². The summed E-state index contributed by atoms with van der Waals surface area (Å²) >= 11 is 0. The van der Waals surface area contributed by atoms with E-state index in [-0.39, 0.29) is 5.92 Å². The van der Waals surface area contributed by atoms with Crippen LogP contribution in [0.1, 0.15) is 62.5 Å². The molecule has 3 heteroatoms. The Morgan fingerprint density at radius 2 is 1.52 bits per heavy atom. The number of nitrogens with zero attached hydrogens (tertiary/aromatic N) is 1. The summed E-state index contributed by atoms with van der Waals surface area (Å²) in [6.45, 7) is 6.53. The lowest BCUT2D eigenvalue weighted by atomic mass is 9.74. The Hall–Kier alpha value is -1.68. The fourth-order valence-electron chi connectivity index (χ4n) is 4.50. The first kappa shape index (κ1) is 22.0. The lowest BCUT2D eigenvalue weighted by Gasteiger charge is -2.41. The number of unbranched alkanes of at least 4 members (excludes halogenated alkanes) is 4. The zero-order valence-corrected chi connectivity index (χ0v) is 17.9. The van der Waals surface area contributed by atoms with Gasteiger partial charge in [0, 0.05) is 25.6 Å². The minimum absolute atomic E-state index is 0.0374. The third-order valence-corrected chi connectivity index (χ3v) is 6.26. The quantitative estimate of drug-likeness (QED) is 0.521. The zero-order chi connectivity index (χ0) is 20.4. The third-order valence-electron chi connectivity index (χ3n) is 6.26. The number of aliphatic hydroxyl groups is 1. The van der Waals surface area contributed by atoms with Gasteiger partial charge >= 0.3 is 0 Å². The Kier molecular flexibility index (Phi) is 8.72. The maximum absolute atomic E-state index is 12.2. The molecule has 29 heavy (non-hydrogen) atoms. The molecule has 1 aliphatic heterocycles.